The second-order valence-corrected chi connectivity index (χ2v) is 5.58. The molecule has 0 aromatic heterocycles. The topological polar surface area (TPSA) is 62.9 Å². The Labute approximate surface area is 133 Å². The second kappa shape index (κ2) is 7.54. The molecule has 0 aliphatic carbocycles. The fraction of sp³-hybridized carbons (Fsp3) is 0.533. The van der Waals surface area contributed by atoms with Gasteiger partial charge in [0.1, 0.15) is 5.75 Å². The molecule has 0 radical (unpaired) electrons. The first-order valence-corrected chi connectivity index (χ1v) is 7.36. The lowest BCUT2D eigenvalue weighted by molar-refractivity contribution is -0.143. The molecule has 128 valence electrons. The predicted molar refractivity (Wildman–Crippen MR) is 83.7 cm³/mol. The third kappa shape index (κ3) is 5.97. The van der Waals surface area contributed by atoms with Crippen LogP contribution >= 0.6 is 0 Å². The van der Waals surface area contributed by atoms with E-state index in [9.17, 15) is 13.2 Å². The van der Waals surface area contributed by atoms with Gasteiger partial charge in [0, 0.05) is 18.8 Å². The number of guanidine groups is 1. The molecule has 1 aromatic carbocycles. The molecule has 0 spiro atoms. The molecule has 8 heteroatoms. The van der Waals surface area contributed by atoms with E-state index in [1.807, 2.05) is 12.1 Å². The lowest BCUT2D eigenvalue weighted by Crippen LogP contribution is -2.32. The zero-order chi connectivity index (χ0) is 16.9. The Morgan fingerprint density at radius 2 is 2.09 bits per heavy atom. The first-order valence-electron chi connectivity index (χ1n) is 7.36. The summed E-state index contributed by atoms with van der Waals surface area (Å²) in [6.07, 6.45) is -3.44. The van der Waals surface area contributed by atoms with E-state index in [-0.39, 0.29) is 11.9 Å². The molecule has 0 saturated carbocycles. The van der Waals surface area contributed by atoms with Crippen LogP contribution in [0.2, 0.25) is 0 Å². The molecule has 1 saturated heterocycles. The maximum absolute atomic E-state index is 12.3. The van der Waals surface area contributed by atoms with Gasteiger partial charge in [-0.2, -0.15) is 13.2 Å². The molecule has 3 N–H and O–H groups in total. The number of aliphatic imine (C=N–C) groups is 1. The van der Waals surface area contributed by atoms with E-state index in [1.54, 1.807) is 19.2 Å². The molecule has 0 bridgehead atoms. The summed E-state index contributed by atoms with van der Waals surface area (Å²) >= 11 is 0. The molecule has 1 aromatic rings. The van der Waals surface area contributed by atoms with Gasteiger partial charge >= 0.3 is 6.18 Å². The first kappa shape index (κ1) is 17.4. The average Bonchev–Trinajstić information content (AvgIpc) is 2.91. The van der Waals surface area contributed by atoms with Crippen LogP contribution in [0, 0.1) is 5.92 Å². The number of likely N-dealkylation sites (tertiary alicyclic amines) is 1. The highest BCUT2D eigenvalue weighted by molar-refractivity contribution is 5.92. The fourth-order valence-corrected chi connectivity index (χ4v) is 2.55. The highest BCUT2D eigenvalue weighted by atomic mass is 19.4. The number of rotatable bonds is 5. The second-order valence-electron chi connectivity index (χ2n) is 5.58. The number of ether oxygens (including phenoxy) is 1. The molecule has 5 nitrogen and oxygen atoms in total. The van der Waals surface area contributed by atoms with Crippen LogP contribution in [0.25, 0.3) is 0 Å². The molecule has 23 heavy (non-hydrogen) atoms. The van der Waals surface area contributed by atoms with Crippen molar-refractivity contribution in [2.24, 2.45) is 16.6 Å². The Morgan fingerprint density at radius 3 is 2.70 bits per heavy atom. The minimum Gasteiger partial charge on any atom is -0.497 e. The number of benzene rings is 1. The van der Waals surface area contributed by atoms with Crippen LogP contribution in [0.4, 0.5) is 18.9 Å². The molecule has 1 heterocycles. The monoisotopic (exact) mass is 330 g/mol. The van der Waals surface area contributed by atoms with Crippen LogP contribution in [-0.4, -0.2) is 50.3 Å². The number of hydrogen-bond donors (Lipinski definition) is 2. The SMILES string of the molecule is COc1ccc(NC(N)=NCC2CCN(CC(F)(F)F)C2)cc1. The minimum atomic E-state index is -4.15. The lowest BCUT2D eigenvalue weighted by Gasteiger charge is -2.17. The van der Waals surface area contributed by atoms with Crippen molar-refractivity contribution in [3.63, 3.8) is 0 Å². The molecule has 1 unspecified atom stereocenters. The van der Waals surface area contributed by atoms with Crippen molar-refractivity contribution in [3.8, 4) is 5.75 Å². The summed E-state index contributed by atoms with van der Waals surface area (Å²) in [6.45, 7) is 0.417. The smallest absolute Gasteiger partial charge is 0.401 e. The number of nitrogens with one attached hydrogen (secondary N) is 1. The van der Waals surface area contributed by atoms with E-state index in [1.165, 1.54) is 4.90 Å². The fourth-order valence-electron chi connectivity index (χ4n) is 2.55. The largest absolute Gasteiger partial charge is 0.497 e. The van der Waals surface area contributed by atoms with E-state index in [0.717, 1.165) is 11.4 Å². The van der Waals surface area contributed by atoms with Crippen LogP contribution in [0.5, 0.6) is 5.75 Å². The minimum absolute atomic E-state index is 0.105. The number of anilines is 1. The van der Waals surface area contributed by atoms with Gasteiger partial charge in [-0.1, -0.05) is 0 Å². The zero-order valence-electron chi connectivity index (χ0n) is 12.9. The summed E-state index contributed by atoms with van der Waals surface area (Å²) < 4.78 is 42.1. The molecular formula is C15H21F3N4O. The molecular weight excluding hydrogens is 309 g/mol. The first-order chi connectivity index (χ1) is 10.9. The Balaban J connectivity index is 1.78. The molecule has 1 fully saturated rings. The third-order valence-electron chi connectivity index (χ3n) is 3.66. The number of methoxy groups -OCH3 is 1. The Kier molecular flexibility index (Phi) is 5.70. The molecule has 0 amide bonds. The van der Waals surface area contributed by atoms with Crippen molar-refractivity contribution in [1.29, 1.82) is 0 Å². The van der Waals surface area contributed by atoms with E-state index in [2.05, 4.69) is 10.3 Å². The highest BCUT2D eigenvalue weighted by Crippen LogP contribution is 2.23. The van der Waals surface area contributed by atoms with Gasteiger partial charge in [0.15, 0.2) is 5.96 Å². The van der Waals surface area contributed by atoms with Crippen LogP contribution in [0.15, 0.2) is 29.3 Å². The van der Waals surface area contributed by atoms with Crippen molar-refractivity contribution in [2.75, 3.05) is 38.6 Å². The van der Waals surface area contributed by atoms with Gasteiger partial charge < -0.3 is 15.8 Å². The summed E-state index contributed by atoms with van der Waals surface area (Å²) in [5, 5.41) is 2.95. The zero-order valence-corrected chi connectivity index (χ0v) is 12.9. The van der Waals surface area contributed by atoms with Crippen molar-refractivity contribution in [1.82, 2.24) is 4.90 Å². The maximum atomic E-state index is 12.3. The summed E-state index contributed by atoms with van der Waals surface area (Å²) in [4.78, 5) is 5.63. The number of alkyl halides is 3. The van der Waals surface area contributed by atoms with E-state index in [0.29, 0.717) is 26.1 Å². The van der Waals surface area contributed by atoms with Gasteiger partial charge in [0.05, 0.1) is 13.7 Å². The summed E-state index contributed by atoms with van der Waals surface area (Å²) in [7, 11) is 1.59. The van der Waals surface area contributed by atoms with Gasteiger partial charge in [0.25, 0.3) is 0 Å². The van der Waals surface area contributed by atoms with Gasteiger partial charge in [-0.25, -0.2) is 0 Å². The molecule has 1 aliphatic heterocycles. The molecule has 1 aliphatic rings. The van der Waals surface area contributed by atoms with Gasteiger partial charge in [-0.05, 0) is 43.1 Å². The lowest BCUT2D eigenvalue weighted by atomic mass is 10.1. The molecule has 1 atom stereocenters. The Hall–Kier alpha value is -1.96. The standard InChI is InChI=1S/C15H21F3N4O/c1-23-13-4-2-12(3-5-13)21-14(19)20-8-11-6-7-22(9-11)10-15(16,17)18/h2-5,11H,6-10H2,1H3,(H3,19,20,21). The number of halogens is 3. The quantitative estimate of drug-likeness (QED) is 0.642. The van der Waals surface area contributed by atoms with Gasteiger partial charge in [-0.3, -0.25) is 9.89 Å². The number of hydrogen-bond acceptors (Lipinski definition) is 3. The van der Waals surface area contributed by atoms with Crippen molar-refractivity contribution < 1.29 is 17.9 Å². The van der Waals surface area contributed by atoms with Crippen molar-refractivity contribution in [3.05, 3.63) is 24.3 Å². The van der Waals surface area contributed by atoms with Gasteiger partial charge in [-0.15, -0.1) is 0 Å². The van der Waals surface area contributed by atoms with Crippen LogP contribution < -0.4 is 15.8 Å². The normalized spacial score (nSPS) is 19.8. The van der Waals surface area contributed by atoms with Crippen molar-refractivity contribution in [2.45, 2.75) is 12.6 Å². The molecule has 2 rings (SSSR count). The highest BCUT2D eigenvalue weighted by Gasteiger charge is 2.34. The van der Waals surface area contributed by atoms with Crippen LogP contribution in [0.1, 0.15) is 6.42 Å². The summed E-state index contributed by atoms with van der Waals surface area (Å²) in [6, 6.07) is 7.20. The number of nitrogens with two attached hydrogens (primary N) is 1. The summed E-state index contributed by atoms with van der Waals surface area (Å²) in [5.41, 5.74) is 6.58. The Bertz CT molecular complexity index is 531. The summed E-state index contributed by atoms with van der Waals surface area (Å²) in [5.74, 6) is 1.10. The van der Waals surface area contributed by atoms with E-state index >= 15 is 0 Å². The maximum Gasteiger partial charge on any atom is 0.401 e. The van der Waals surface area contributed by atoms with Crippen LogP contribution in [-0.2, 0) is 0 Å². The Morgan fingerprint density at radius 1 is 1.39 bits per heavy atom. The van der Waals surface area contributed by atoms with Crippen LogP contribution in [0.3, 0.4) is 0 Å². The third-order valence-corrected chi connectivity index (χ3v) is 3.66. The predicted octanol–water partition coefficient (Wildman–Crippen LogP) is 2.31. The van der Waals surface area contributed by atoms with E-state index in [4.69, 9.17) is 10.5 Å². The van der Waals surface area contributed by atoms with Crippen molar-refractivity contribution >= 4 is 11.6 Å². The van der Waals surface area contributed by atoms with Gasteiger partial charge in [0.2, 0.25) is 0 Å². The average molecular weight is 330 g/mol. The number of nitrogens with zero attached hydrogens (tertiary/aromatic N) is 2. The van der Waals surface area contributed by atoms with E-state index < -0.39 is 12.7 Å².